The van der Waals surface area contributed by atoms with E-state index in [2.05, 4.69) is 4.72 Å². The van der Waals surface area contributed by atoms with Gasteiger partial charge >= 0.3 is 0 Å². The first kappa shape index (κ1) is 14.2. The Morgan fingerprint density at radius 3 is 2.17 bits per heavy atom. The van der Waals surface area contributed by atoms with Gasteiger partial charge in [-0.2, -0.15) is 0 Å². The predicted molar refractivity (Wildman–Crippen MR) is 76.9 cm³/mol. The molecule has 0 bridgehead atoms. The number of sulfonamides is 1. The first-order chi connectivity index (χ1) is 8.46. The molecule has 3 N–H and O–H groups in total. The molecule has 2 aliphatic carbocycles. The lowest BCUT2D eigenvalue weighted by molar-refractivity contribution is 0.455. The zero-order valence-electron chi connectivity index (χ0n) is 10.7. The van der Waals surface area contributed by atoms with Crippen LogP contribution in [0.4, 0.5) is 0 Å². The molecule has 104 valence electrons. The summed E-state index contributed by atoms with van der Waals surface area (Å²) in [6.45, 7) is 0. The molecule has 0 aromatic carbocycles. The monoisotopic (exact) mass is 290 g/mol. The fourth-order valence-electron chi connectivity index (χ4n) is 3.11. The van der Waals surface area contributed by atoms with Crippen molar-refractivity contribution in [1.82, 2.24) is 4.72 Å². The lowest BCUT2D eigenvalue weighted by Crippen LogP contribution is -2.56. The lowest BCUT2D eigenvalue weighted by Gasteiger charge is -2.32. The number of nitrogens with one attached hydrogen (secondary N) is 1. The molecule has 0 amide bonds. The second-order valence-corrected chi connectivity index (χ2v) is 7.96. The highest BCUT2D eigenvalue weighted by Crippen LogP contribution is 2.32. The van der Waals surface area contributed by atoms with E-state index in [9.17, 15) is 8.42 Å². The van der Waals surface area contributed by atoms with E-state index in [0.29, 0.717) is 4.99 Å². The highest BCUT2D eigenvalue weighted by atomic mass is 32.2. The summed E-state index contributed by atoms with van der Waals surface area (Å²) in [5, 5.41) is -0.252. The highest BCUT2D eigenvalue weighted by molar-refractivity contribution is 7.90. The minimum absolute atomic E-state index is 0.252. The van der Waals surface area contributed by atoms with Gasteiger partial charge in [-0.25, -0.2) is 13.1 Å². The van der Waals surface area contributed by atoms with Crippen molar-refractivity contribution in [2.45, 2.75) is 68.6 Å². The van der Waals surface area contributed by atoms with Crippen LogP contribution in [0.5, 0.6) is 0 Å². The van der Waals surface area contributed by atoms with Crippen LogP contribution in [0, 0.1) is 0 Å². The molecule has 0 heterocycles. The molecule has 4 nitrogen and oxygen atoms in total. The maximum absolute atomic E-state index is 12.4. The Bertz CT molecular complexity index is 408. The topological polar surface area (TPSA) is 72.2 Å². The molecule has 0 aliphatic heterocycles. The van der Waals surface area contributed by atoms with Crippen molar-refractivity contribution < 1.29 is 8.42 Å². The summed E-state index contributed by atoms with van der Waals surface area (Å²) < 4.78 is 27.7. The van der Waals surface area contributed by atoms with E-state index in [1.807, 2.05) is 0 Å². The Hall–Kier alpha value is -0.200. The van der Waals surface area contributed by atoms with Crippen molar-refractivity contribution in [1.29, 1.82) is 0 Å². The van der Waals surface area contributed by atoms with Gasteiger partial charge in [0.2, 0.25) is 10.0 Å². The van der Waals surface area contributed by atoms with E-state index in [0.717, 1.165) is 57.8 Å². The van der Waals surface area contributed by atoms with Gasteiger partial charge in [0.15, 0.2) is 0 Å². The highest BCUT2D eigenvalue weighted by Gasteiger charge is 2.42. The number of nitrogens with two attached hydrogens (primary N) is 1. The van der Waals surface area contributed by atoms with Gasteiger partial charge < -0.3 is 5.73 Å². The Labute approximate surface area is 115 Å². The number of hydrogen-bond donors (Lipinski definition) is 2. The average molecular weight is 290 g/mol. The van der Waals surface area contributed by atoms with Crippen LogP contribution in [-0.4, -0.2) is 24.2 Å². The number of rotatable bonds is 4. The Balaban J connectivity index is 2.12. The smallest absolute Gasteiger partial charge is 0.215 e. The SMILES string of the molecule is NC(=S)C1(NS(=O)(=O)C2CCCCC2)CCCC1. The summed E-state index contributed by atoms with van der Waals surface area (Å²) in [6.07, 6.45) is 8.16. The predicted octanol–water partition coefficient (Wildman–Crippen LogP) is 1.84. The fraction of sp³-hybridized carbons (Fsp3) is 0.917. The first-order valence-electron chi connectivity index (χ1n) is 6.79. The van der Waals surface area contributed by atoms with Crippen LogP contribution in [-0.2, 0) is 10.0 Å². The molecule has 0 atom stereocenters. The van der Waals surface area contributed by atoms with Crippen molar-refractivity contribution in [3.63, 3.8) is 0 Å². The normalized spacial score (nSPS) is 25.1. The van der Waals surface area contributed by atoms with E-state index in [4.69, 9.17) is 18.0 Å². The molecule has 0 aromatic rings. The molecular formula is C12H22N2O2S2. The van der Waals surface area contributed by atoms with E-state index in [1.54, 1.807) is 0 Å². The summed E-state index contributed by atoms with van der Waals surface area (Å²) in [6, 6.07) is 0. The van der Waals surface area contributed by atoms with Crippen LogP contribution in [0.2, 0.25) is 0 Å². The fourth-order valence-corrected chi connectivity index (χ4v) is 5.41. The van der Waals surface area contributed by atoms with Crippen molar-refractivity contribution in [2.75, 3.05) is 0 Å². The third-order valence-electron chi connectivity index (χ3n) is 4.26. The van der Waals surface area contributed by atoms with Gasteiger partial charge in [-0.1, -0.05) is 44.3 Å². The van der Waals surface area contributed by atoms with E-state index < -0.39 is 15.6 Å². The zero-order valence-corrected chi connectivity index (χ0v) is 12.3. The maximum Gasteiger partial charge on any atom is 0.215 e. The maximum atomic E-state index is 12.4. The summed E-state index contributed by atoms with van der Waals surface area (Å²) >= 11 is 5.09. The standard InChI is InChI=1S/C12H22N2O2S2/c13-11(17)12(8-4-5-9-12)14-18(15,16)10-6-2-1-3-7-10/h10,14H,1-9H2,(H2,13,17). The van der Waals surface area contributed by atoms with Gasteiger partial charge in [0.05, 0.1) is 15.8 Å². The second-order valence-electron chi connectivity index (χ2n) is 5.56. The van der Waals surface area contributed by atoms with Crippen LogP contribution >= 0.6 is 12.2 Å². The first-order valence-corrected chi connectivity index (χ1v) is 8.74. The number of hydrogen-bond acceptors (Lipinski definition) is 3. The van der Waals surface area contributed by atoms with Crippen molar-refractivity contribution in [3.05, 3.63) is 0 Å². The molecule has 2 rings (SSSR count). The Kier molecular flexibility index (Phi) is 4.29. The average Bonchev–Trinajstić information content (AvgIpc) is 2.79. The van der Waals surface area contributed by atoms with Gasteiger partial charge in [-0.15, -0.1) is 0 Å². The van der Waals surface area contributed by atoms with E-state index >= 15 is 0 Å². The quantitative estimate of drug-likeness (QED) is 0.775. The molecule has 0 aromatic heterocycles. The largest absolute Gasteiger partial charge is 0.392 e. The van der Waals surface area contributed by atoms with Gasteiger partial charge in [0.1, 0.15) is 0 Å². The lowest BCUT2D eigenvalue weighted by atomic mass is 10.00. The van der Waals surface area contributed by atoms with E-state index in [-0.39, 0.29) is 5.25 Å². The molecule has 0 unspecified atom stereocenters. The van der Waals surface area contributed by atoms with Gasteiger partial charge in [0, 0.05) is 0 Å². The third-order valence-corrected chi connectivity index (χ3v) is 6.67. The van der Waals surface area contributed by atoms with Crippen LogP contribution in [0.3, 0.4) is 0 Å². The molecule has 0 saturated heterocycles. The molecule has 2 saturated carbocycles. The minimum Gasteiger partial charge on any atom is -0.392 e. The minimum atomic E-state index is -3.29. The molecule has 2 fully saturated rings. The van der Waals surface area contributed by atoms with Crippen LogP contribution < -0.4 is 10.5 Å². The third kappa shape index (κ3) is 2.86. The molecule has 18 heavy (non-hydrogen) atoms. The summed E-state index contributed by atoms with van der Waals surface area (Å²) in [5.41, 5.74) is 5.13. The molecule has 0 spiro atoms. The molecule has 2 aliphatic rings. The van der Waals surface area contributed by atoms with Crippen LogP contribution in [0.1, 0.15) is 57.8 Å². The van der Waals surface area contributed by atoms with Crippen molar-refractivity contribution >= 4 is 27.2 Å². The summed E-state index contributed by atoms with van der Waals surface area (Å²) in [4.78, 5) is 0.305. The van der Waals surface area contributed by atoms with Gasteiger partial charge in [-0.05, 0) is 25.7 Å². The van der Waals surface area contributed by atoms with Crippen molar-refractivity contribution in [2.24, 2.45) is 5.73 Å². The zero-order chi connectivity index (χ0) is 13.2. The van der Waals surface area contributed by atoms with Crippen LogP contribution in [0.25, 0.3) is 0 Å². The second kappa shape index (κ2) is 5.43. The summed E-state index contributed by atoms with van der Waals surface area (Å²) in [5.74, 6) is 0. The number of thiocarbonyl (C=S) groups is 1. The Morgan fingerprint density at radius 2 is 1.67 bits per heavy atom. The van der Waals surface area contributed by atoms with Gasteiger partial charge in [0.25, 0.3) is 0 Å². The molecule has 0 radical (unpaired) electrons. The molecule has 6 heteroatoms. The van der Waals surface area contributed by atoms with Crippen LogP contribution in [0.15, 0.2) is 0 Å². The Morgan fingerprint density at radius 1 is 1.11 bits per heavy atom. The summed E-state index contributed by atoms with van der Waals surface area (Å²) in [7, 11) is -3.29. The van der Waals surface area contributed by atoms with Crippen molar-refractivity contribution in [3.8, 4) is 0 Å². The van der Waals surface area contributed by atoms with Gasteiger partial charge in [-0.3, -0.25) is 0 Å². The molecular weight excluding hydrogens is 268 g/mol. The van der Waals surface area contributed by atoms with E-state index in [1.165, 1.54) is 0 Å².